The Labute approximate surface area is 119 Å². The molecule has 0 radical (unpaired) electrons. The zero-order valence-corrected chi connectivity index (χ0v) is 12.3. The van der Waals surface area contributed by atoms with E-state index in [0.29, 0.717) is 0 Å². The number of carbonyl (C=O) groups is 2. The van der Waals surface area contributed by atoms with E-state index in [4.69, 9.17) is 5.73 Å². The molecule has 1 aromatic carbocycles. The van der Waals surface area contributed by atoms with Gasteiger partial charge in [-0.1, -0.05) is 30.3 Å². The molecule has 0 saturated heterocycles. The molecule has 0 heterocycles. The van der Waals surface area contributed by atoms with E-state index in [2.05, 4.69) is 10.6 Å². The van der Waals surface area contributed by atoms with E-state index in [0.717, 1.165) is 5.56 Å². The molecule has 1 atom stereocenters. The summed E-state index contributed by atoms with van der Waals surface area (Å²) in [4.78, 5) is 23.9. The lowest BCUT2D eigenvalue weighted by atomic mass is 9.91. The van der Waals surface area contributed by atoms with Gasteiger partial charge in [-0.3, -0.25) is 9.59 Å². The van der Waals surface area contributed by atoms with Gasteiger partial charge in [-0.05, 0) is 19.4 Å². The quantitative estimate of drug-likeness (QED) is 0.712. The topological polar surface area (TPSA) is 84.2 Å². The van der Waals surface area contributed by atoms with Crippen LogP contribution in [-0.2, 0) is 9.59 Å². The fraction of sp³-hybridized carbons (Fsp3) is 0.467. The van der Waals surface area contributed by atoms with Crippen LogP contribution in [0, 0.1) is 5.41 Å². The van der Waals surface area contributed by atoms with Crippen molar-refractivity contribution in [3.63, 3.8) is 0 Å². The van der Waals surface area contributed by atoms with Crippen molar-refractivity contribution in [2.24, 2.45) is 11.1 Å². The van der Waals surface area contributed by atoms with Crippen molar-refractivity contribution in [3.05, 3.63) is 35.9 Å². The molecule has 0 aliphatic rings. The van der Waals surface area contributed by atoms with Gasteiger partial charge in [0.1, 0.15) is 0 Å². The van der Waals surface area contributed by atoms with Gasteiger partial charge in [0.2, 0.25) is 11.8 Å². The molecule has 0 saturated carbocycles. The molecule has 0 fully saturated rings. The largest absolute Gasteiger partial charge is 0.359 e. The van der Waals surface area contributed by atoms with Crippen molar-refractivity contribution in [2.75, 3.05) is 20.1 Å². The summed E-state index contributed by atoms with van der Waals surface area (Å²) in [6.45, 7) is 4.07. The molecular formula is C15H23N3O2. The number of carbonyl (C=O) groups excluding carboxylic acids is 2. The average molecular weight is 277 g/mol. The third-order valence-corrected chi connectivity index (χ3v) is 3.30. The van der Waals surface area contributed by atoms with Crippen LogP contribution in [0.3, 0.4) is 0 Å². The van der Waals surface area contributed by atoms with Crippen LogP contribution in [-0.4, -0.2) is 32.0 Å². The molecule has 5 nitrogen and oxygen atoms in total. The van der Waals surface area contributed by atoms with Crippen molar-refractivity contribution < 1.29 is 9.59 Å². The smallest absolute Gasteiger partial charge is 0.228 e. The van der Waals surface area contributed by atoms with E-state index in [-0.39, 0.29) is 24.9 Å². The highest BCUT2D eigenvalue weighted by atomic mass is 16.2. The van der Waals surface area contributed by atoms with Crippen molar-refractivity contribution in [1.29, 1.82) is 0 Å². The molecule has 2 amide bonds. The Morgan fingerprint density at radius 3 is 2.35 bits per heavy atom. The zero-order valence-electron chi connectivity index (χ0n) is 12.3. The second kappa shape index (κ2) is 7.05. The molecular weight excluding hydrogens is 254 g/mol. The molecule has 1 unspecified atom stereocenters. The van der Waals surface area contributed by atoms with Gasteiger partial charge in [-0.2, -0.15) is 0 Å². The number of amides is 2. The third kappa shape index (κ3) is 4.06. The maximum absolute atomic E-state index is 12.2. The molecule has 0 bridgehead atoms. The molecule has 110 valence electrons. The van der Waals surface area contributed by atoms with Crippen LogP contribution in [0.25, 0.3) is 0 Å². The van der Waals surface area contributed by atoms with Crippen LogP contribution in [0.2, 0.25) is 0 Å². The fourth-order valence-electron chi connectivity index (χ4n) is 1.93. The number of hydrogen-bond donors (Lipinski definition) is 3. The van der Waals surface area contributed by atoms with Gasteiger partial charge in [-0.25, -0.2) is 0 Å². The summed E-state index contributed by atoms with van der Waals surface area (Å²) in [5.41, 5.74) is 5.92. The van der Waals surface area contributed by atoms with E-state index in [9.17, 15) is 9.59 Å². The highest BCUT2D eigenvalue weighted by Gasteiger charge is 2.28. The van der Waals surface area contributed by atoms with E-state index < -0.39 is 11.3 Å². The molecule has 0 aliphatic carbocycles. The summed E-state index contributed by atoms with van der Waals surface area (Å²) < 4.78 is 0. The minimum absolute atomic E-state index is 0.109. The fourth-order valence-corrected chi connectivity index (χ4v) is 1.93. The summed E-state index contributed by atoms with van der Waals surface area (Å²) in [5.74, 6) is -0.658. The van der Waals surface area contributed by atoms with Crippen molar-refractivity contribution in [3.8, 4) is 0 Å². The van der Waals surface area contributed by atoms with Crippen LogP contribution in [0.5, 0.6) is 0 Å². The molecule has 0 spiro atoms. The summed E-state index contributed by atoms with van der Waals surface area (Å²) >= 11 is 0. The maximum Gasteiger partial charge on any atom is 0.228 e. The Morgan fingerprint density at radius 2 is 1.85 bits per heavy atom. The standard InChI is InChI=1S/C15H23N3O2/c1-15(2,14(20)17-3)10-18-13(19)12(9-16)11-7-5-4-6-8-11/h4-8,12H,9-10,16H2,1-3H3,(H,17,20)(H,18,19). The normalized spacial score (nSPS) is 12.6. The Balaban J connectivity index is 2.68. The second-order valence-electron chi connectivity index (χ2n) is 5.38. The first-order valence-corrected chi connectivity index (χ1v) is 6.67. The molecule has 5 heteroatoms. The summed E-state index contributed by atoms with van der Waals surface area (Å²) in [6.07, 6.45) is 0. The lowest BCUT2D eigenvalue weighted by Crippen LogP contribution is -2.45. The summed E-state index contributed by atoms with van der Waals surface area (Å²) in [5, 5.41) is 5.40. The van der Waals surface area contributed by atoms with E-state index in [1.54, 1.807) is 20.9 Å². The van der Waals surface area contributed by atoms with Crippen molar-refractivity contribution in [1.82, 2.24) is 10.6 Å². The first-order valence-electron chi connectivity index (χ1n) is 6.67. The number of nitrogens with two attached hydrogens (primary N) is 1. The summed E-state index contributed by atoms with van der Waals surface area (Å²) in [7, 11) is 1.58. The third-order valence-electron chi connectivity index (χ3n) is 3.30. The zero-order chi connectivity index (χ0) is 15.2. The van der Waals surface area contributed by atoms with Gasteiger partial charge < -0.3 is 16.4 Å². The lowest BCUT2D eigenvalue weighted by Gasteiger charge is -2.24. The predicted molar refractivity (Wildman–Crippen MR) is 79.1 cm³/mol. The Morgan fingerprint density at radius 1 is 1.25 bits per heavy atom. The van der Waals surface area contributed by atoms with Gasteiger partial charge in [-0.15, -0.1) is 0 Å². The Kier molecular flexibility index (Phi) is 5.70. The monoisotopic (exact) mass is 277 g/mol. The maximum atomic E-state index is 12.2. The highest BCUT2D eigenvalue weighted by Crippen LogP contribution is 2.17. The molecule has 4 N–H and O–H groups in total. The molecule has 0 aliphatic heterocycles. The van der Waals surface area contributed by atoms with E-state index in [1.165, 1.54) is 0 Å². The minimum atomic E-state index is -0.653. The van der Waals surface area contributed by atoms with Gasteiger partial charge >= 0.3 is 0 Å². The van der Waals surface area contributed by atoms with E-state index >= 15 is 0 Å². The highest BCUT2D eigenvalue weighted by molar-refractivity contribution is 5.86. The molecule has 0 aromatic heterocycles. The second-order valence-corrected chi connectivity index (χ2v) is 5.38. The molecule has 1 rings (SSSR count). The van der Waals surface area contributed by atoms with Gasteiger partial charge in [0.15, 0.2) is 0 Å². The lowest BCUT2D eigenvalue weighted by molar-refractivity contribution is -0.129. The van der Waals surface area contributed by atoms with Gasteiger partial charge in [0.05, 0.1) is 11.3 Å². The van der Waals surface area contributed by atoms with Crippen LogP contribution in [0.1, 0.15) is 25.3 Å². The summed E-state index contributed by atoms with van der Waals surface area (Å²) in [6, 6.07) is 9.39. The van der Waals surface area contributed by atoms with Crippen LogP contribution >= 0.6 is 0 Å². The predicted octanol–water partition coefficient (Wildman–Crippen LogP) is 0.617. The van der Waals surface area contributed by atoms with E-state index in [1.807, 2.05) is 30.3 Å². The molecule has 20 heavy (non-hydrogen) atoms. The molecule has 1 aromatic rings. The minimum Gasteiger partial charge on any atom is -0.359 e. The van der Waals surface area contributed by atoms with Crippen LogP contribution in [0.4, 0.5) is 0 Å². The number of rotatable bonds is 6. The number of nitrogens with one attached hydrogen (secondary N) is 2. The first kappa shape index (κ1) is 16.2. The van der Waals surface area contributed by atoms with Gasteiger partial charge in [0, 0.05) is 20.1 Å². The van der Waals surface area contributed by atoms with Crippen molar-refractivity contribution in [2.45, 2.75) is 19.8 Å². The average Bonchev–Trinajstić information content (AvgIpc) is 2.46. The van der Waals surface area contributed by atoms with Gasteiger partial charge in [0.25, 0.3) is 0 Å². The SMILES string of the molecule is CNC(=O)C(C)(C)CNC(=O)C(CN)c1ccccc1. The van der Waals surface area contributed by atoms with Crippen LogP contribution < -0.4 is 16.4 Å². The Hall–Kier alpha value is -1.88. The number of hydrogen-bond acceptors (Lipinski definition) is 3. The van der Waals surface area contributed by atoms with Crippen molar-refractivity contribution >= 4 is 11.8 Å². The first-order chi connectivity index (χ1) is 9.42. The number of benzene rings is 1. The van der Waals surface area contributed by atoms with Crippen LogP contribution in [0.15, 0.2) is 30.3 Å². The Bertz CT molecular complexity index is 457.